The molecular formula is C36H38O11. The summed E-state index contributed by atoms with van der Waals surface area (Å²) in [5.41, 5.74) is 0.459. The fraction of sp³-hybridized carbons (Fsp3) is 0.333. The van der Waals surface area contributed by atoms with E-state index < -0.39 is 17.9 Å². The lowest BCUT2D eigenvalue weighted by atomic mass is 10.1. The van der Waals surface area contributed by atoms with Gasteiger partial charge in [0.2, 0.25) is 0 Å². The zero-order chi connectivity index (χ0) is 33.6. The van der Waals surface area contributed by atoms with Crippen molar-refractivity contribution >= 4 is 23.9 Å². The highest BCUT2D eigenvalue weighted by Crippen LogP contribution is 2.27. The van der Waals surface area contributed by atoms with Crippen LogP contribution < -0.4 is 18.9 Å². The predicted octanol–water partition coefficient (Wildman–Crippen LogP) is 6.79. The van der Waals surface area contributed by atoms with E-state index >= 15 is 0 Å². The molecule has 0 amide bonds. The summed E-state index contributed by atoms with van der Waals surface area (Å²) in [6.07, 6.45) is 5.85. The molecule has 0 aliphatic carbocycles. The second-order valence-electron chi connectivity index (χ2n) is 10.9. The second kappa shape index (κ2) is 17.5. The highest BCUT2D eigenvalue weighted by molar-refractivity contribution is 5.96. The zero-order valence-corrected chi connectivity index (χ0v) is 26.2. The number of carbonyl (C=O) groups is 4. The van der Waals surface area contributed by atoms with Gasteiger partial charge in [-0.15, -0.1) is 0 Å². The second-order valence-corrected chi connectivity index (χ2v) is 10.9. The number of ether oxygens (including phenoxy) is 6. The van der Waals surface area contributed by atoms with Gasteiger partial charge in [-0.25, -0.2) is 19.2 Å². The lowest BCUT2D eigenvalue weighted by Gasteiger charge is -2.23. The number of benzene rings is 3. The third-order valence-electron chi connectivity index (χ3n) is 7.07. The monoisotopic (exact) mass is 646 g/mol. The number of rotatable bonds is 16. The van der Waals surface area contributed by atoms with Crippen molar-refractivity contribution in [1.82, 2.24) is 0 Å². The van der Waals surface area contributed by atoms with Crippen molar-refractivity contribution in [1.29, 1.82) is 0 Å². The Bertz CT molecular complexity index is 1540. The third kappa shape index (κ3) is 11.0. The number of hydrogen-bond donors (Lipinski definition) is 1. The number of carboxylic acids is 1. The SMILES string of the molecule is C=C(C)C(=O)OCCCCCCOc1ccc(C(=O)Oc2ccc(OC(=O)c3ccc(OC4CCCCO4)cc3)c(C(=O)O)c2)cc1. The number of aromatic carboxylic acids is 1. The molecule has 3 aromatic carbocycles. The van der Waals surface area contributed by atoms with Crippen LogP contribution in [0, 0.1) is 0 Å². The minimum atomic E-state index is -1.37. The molecule has 0 spiro atoms. The van der Waals surface area contributed by atoms with Crippen molar-refractivity contribution in [3.8, 4) is 23.0 Å². The summed E-state index contributed by atoms with van der Waals surface area (Å²) in [6, 6.07) is 16.3. The van der Waals surface area contributed by atoms with Gasteiger partial charge in [0.25, 0.3) is 0 Å². The van der Waals surface area contributed by atoms with Gasteiger partial charge in [-0.1, -0.05) is 6.58 Å². The van der Waals surface area contributed by atoms with Crippen molar-refractivity contribution in [2.24, 2.45) is 0 Å². The van der Waals surface area contributed by atoms with Crippen LogP contribution in [0.5, 0.6) is 23.0 Å². The standard InChI is InChI=1S/C36H38O11/c1-24(2)34(39)44-22-7-4-3-6-20-42-27-14-10-25(11-15-27)35(40)46-29-18-19-31(30(23-29)33(37)38)47-36(41)26-12-16-28(17-13-26)45-32-9-5-8-21-43-32/h10-19,23,32H,1,3-9,20-22H2,2H3,(H,37,38). The van der Waals surface area contributed by atoms with E-state index in [0.717, 1.165) is 51.0 Å². The van der Waals surface area contributed by atoms with Gasteiger partial charge in [-0.05, 0) is 112 Å². The normalized spacial score (nSPS) is 14.0. The Morgan fingerprint density at radius 2 is 1.40 bits per heavy atom. The maximum absolute atomic E-state index is 12.7. The Balaban J connectivity index is 1.24. The average Bonchev–Trinajstić information content (AvgIpc) is 3.07. The first-order valence-corrected chi connectivity index (χ1v) is 15.4. The van der Waals surface area contributed by atoms with Crippen molar-refractivity contribution in [3.63, 3.8) is 0 Å². The van der Waals surface area contributed by atoms with Crippen LogP contribution in [-0.4, -0.2) is 55.1 Å². The van der Waals surface area contributed by atoms with E-state index in [2.05, 4.69) is 6.58 Å². The minimum absolute atomic E-state index is 0.0339. The third-order valence-corrected chi connectivity index (χ3v) is 7.07. The quantitative estimate of drug-likeness (QED) is 0.0760. The van der Waals surface area contributed by atoms with Gasteiger partial charge >= 0.3 is 23.9 Å². The van der Waals surface area contributed by atoms with Crippen molar-refractivity contribution in [2.75, 3.05) is 19.8 Å². The molecule has 11 heteroatoms. The summed E-state index contributed by atoms with van der Waals surface area (Å²) in [5.74, 6) is -2.33. The largest absolute Gasteiger partial charge is 0.494 e. The molecule has 1 aliphatic rings. The zero-order valence-electron chi connectivity index (χ0n) is 26.2. The summed E-state index contributed by atoms with van der Waals surface area (Å²) < 4.78 is 32.9. The molecule has 4 rings (SSSR count). The Morgan fingerprint density at radius 1 is 0.787 bits per heavy atom. The van der Waals surface area contributed by atoms with Gasteiger partial charge in [0.15, 0.2) is 6.29 Å². The molecule has 0 saturated carbocycles. The fourth-order valence-corrected chi connectivity index (χ4v) is 4.50. The molecule has 1 saturated heterocycles. The van der Waals surface area contributed by atoms with Crippen LogP contribution in [0.15, 0.2) is 78.9 Å². The van der Waals surface area contributed by atoms with E-state index in [0.29, 0.717) is 36.9 Å². The summed E-state index contributed by atoms with van der Waals surface area (Å²) in [5, 5.41) is 9.73. The molecule has 1 fully saturated rings. The number of carboxylic acid groups (broad SMARTS) is 1. The summed E-state index contributed by atoms with van der Waals surface area (Å²) in [7, 11) is 0. The predicted molar refractivity (Wildman–Crippen MR) is 170 cm³/mol. The fourth-order valence-electron chi connectivity index (χ4n) is 4.50. The molecule has 1 unspecified atom stereocenters. The maximum Gasteiger partial charge on any atom is 0.343 e. The Morgan fingerprint density at radius 3 is 2.02 bits per heavy atom. The molecule has 0 radical (unpaired) electrons. The molecule has 11 nitrogen and oxygen atoms in total. The van der Waals surface area contributed by atoms with Crippen LogP contribution in [0.4, 0.5) is 0 Å². The smallest absolute Gasteiger partial charge is 0.343 e. The summed E-state index contributed by atoms with van der Waals surface area (Å²) >= 11 is 0. The first kappa shape index (κ1) is 34.7. The van der Waals surface area contributed by atoms with Crippen LogP contribution in [0.3, 0.4) is 0 Å². The lowest BCUT2D eigenvalue weighted by Crippen LogP contribution is -2.25. The van der Waals surface area contributed by atoms with Gasteiger partial charge in [0, 0.05) is 12.0 Å². The molecule has 47 heavy (non-hydrogen) atoms. The van der Waals surface area contributed by atoms with Crippen molar-refractivity contribution < 1.29 is 52.7 Å². The van der Waals surface area contributed by atoms with E-state index in [1.807, 2.05) is 0 Å². The molecule has 1 atom stereocenters. The van der Waals surface area contributed by atoms with Crippen LogP contribution in [0.25, 0.3) is 0 Å². The van der Waals surface area contributed by atoms with E-state index in [1.54, 1.807) is 43.3 Å². The minimum Gasteiger partial charge on any atom is -0.494 e. The van der Waals surface area contributed by atoms with Gasteiger partial charge in [0.1, 0.15) is 28.6 Å². The Kier molecular flexibility index (Phi) is 12.9. The molecule has 1 heterocycles. The topological polar surface area (TPSA) is 144 Å². The molecule has 1 aliphatic heterocycles. The van der Waals surface area contributed by atoms with Crippen LogP contribution in [0.2, 0.25) is 0 Å². The summed E-state index contributed by atoms with van der Waals surface area (Å²) in [4.78, 5) is 48.8. The molecular weight excluding hydrogens is 608 g/mol. The molecule has 248 valence electrons. The average molecular weight is 647 g/mol. The Hall–Kier alpha value is -5.16. The molecule has 0 aromatic heterocycles. The van der Waals surface area contributed by atoms with E-state index in [1.165, 1.54) is 24.3 Å². The van der Waals surface area contributed by atoms with Crippen LogP contribution >= 0.6 is 0 Å². The van der Waals surface area contributed by atoms with Crippen LogP contribution in [0.1, 0.15) is 82.9 Å². The molecule has 1 N–H and O–H groups in total. The van der Waals surface area contributed by atoms with Crippen LogP contribution in [-0.2, 0) is 14.3 Å². The van der Waals surface area contributed by atoms with E-state index in [4.69, 9.17) is 28.4 Å². The molecule has 0 bridgehead atoms. The lowest BCUT2D eigenvalue weighted by molar-refractivity contribution is -0.139. The highest BCUT2D eigenvalue weighted by Gasteiger charge is 2.20. The van der Waals surface area contributed by atoms with E-state index in [-0.39, 0.29) is 40.4 Å². The maximum atomic E-state index is 12.7. The van der Waals surface area contributed by atoms with Crippen molar-refractivity contribution in [2.45, 2.75) is 58.2 Å². The van der Waals surface area contributed by atoms with Crippen molar-refractivity contribution in [3.05, 3.63) is 95.6 Å². The number of unbranched alkanes of at least 4 members (excludes halogenated alkanes) is 3. The van der Waals surface area contributed by atoms with Gasteiger partial charge in [-0.3, -0.25) is 0 Å². The number of carbonyl (C=O) groups excluding carboxylic acids is 3. The first-order chi connectivity index (χ1) is 22.7. The van der Waals surface area contributed by atoms with Gasteiger partial charge < -0.3 is 33.5 Å². The van der Waals surface area contributed by atoms with Gasteiger partial charge in [0.05, 0.1) is 30.9 Å². The highest BCUT2D eigenvalue weighted by atomic mass is 16.7. The number of esters is 3. The number of hydrogen-bond acceptors (Lipinski definition) is 10. The first-order valence-electron chi connectivity index (χ1n) is 15.4. The molecule has 3 aromatic rings. The Labute approximate surface area is 273 Å². The van der Waals surface area contributed by atoms with E-state index in [9.17, 15) is 24.3 Å². The summed E-state index contributed by atoms with van der Waals surface area (Å²) in [6.45, 7) is 6.64. The van der Waals surface area contributed by atoms with Gasteiger partial charge in [-0.2, -0.15) is 0 Å².